The van der Waals surface area contributed by atoms with E-state index in [1.165, 1.54) is 5.69 Å². The summed E-state index contributed by atoms with van der Waals surface area (Å²) in [5.41, 5.74) is 3.37. The van der Waals surface area contributed by atoms with E-state index in [0.29, 0.717) is 13.1 Å². The van der Waals surface area contributed by atoms with E-state index in [-0.39, 0.29) is 11.9 Å². The quantitative estimate of drug-likeness (QED) is 0.780. The van der Waals surface area contributed by atoms with Crippen molar-refractivity contribution in [2.75, 3.05) is 20.8 Å². The number of nitrogens with one attached hydrogen (secondary N) is 1. The van der Waals surface area contributed by atoms with Crippen LogP contribution in [-0.2, 0) is 24.9 Å². The molecule has 1 amide bonds. The number of ether oxygens (including phenoxy) is 2. The van der Waals surface area contributed by atoms with Gasteiger partial charge >= 0.3 is 0 Å². The van der Waals surface area contributed by atoms with Gasteiger partial charge in [-0.05, 0) is 36.8 Å². The second kappa shape index (κ2) is 7.19. The molecule has 2 unspecified atom stereocenters. The maximum absolute atomic E-state index is 12.3. The molecule has 2 heterocycles. The molecule has 1 aliphatic rings. The third-order valence-corrected chi connectivity index (χ3v) is 4.73. The summed E-state index contributed by atoms with van der Waals surface area (Å²) in [7, 11) is 5.28. The first-order chi connectivity index (χ1) is 12.0. The number of benzene rings is 1. The van der Waals surface area contributed by atoms with Crippen LogP contribution in [-0.4, -0.2) is 42.2 Å². The Labute approximate surface area is 148 Å². The van der Waals surface area contributed by atoms with Gasteiger partial charge in [0.1, 0.15) is 17.5 Å². The first kappa shape index (κ1) is 17.4. The smallest absolute Gasteiger partial charge is 0.239 e. The van der Waals surface area contributed by atoms with E-state index in [2.05, 4.69) is 27.8 Å². The van der Waals surface area contributed by atoms with Crippen molar-refractivity contribution in [3.8, 4) is 11.5 Å². The van der Waals surface area contributed by atoms with Gasteiger partial charge in [0.05, 0.1) is 20.8 Å². The zero-order valence-corrected chi connectivity index (χ0v) is 15.2. The van der Waals surface area contributed by atoms with Gasteiger partial charge in [0.25, 0.3) is 0 Å². The van der Waals surface area contributed by atoms with Crippen LogP contribution in [0.3, 0.4) is 0 Å². The van der Waals surface area contributed by atoms with Gasteiger partial charge in [-0.2, -0.15) is 0 Å². The predicted octanol–water partition coefficient (Wildman–Crippen LogP) is 1.85. The van der Waals surface area contributed by atoms with E-state index in [9.17, 15) is 4.79 Å². The van der Waals surface area contributed by atoms with Gasteiger partial charge in [-0.3, -0.25) is 9.69 Å². The molecule has 0 spiro atoms. The van der Waals surface area contributed by atoms with Crippen LogP contribution in [0.4, 0.5) is 0 Å². The van der Waals surface area contributed by atoms with Crippen LogP contribution in [0.2, 0.25) is 0 Å². The molecule has 2 aromatic rings. The molecule has 134 valence electrons. The summed E-state index contributed by atoms with van der Waals surface area (Å²) in [6, 6.07) is 9.84. The first-order valence-electron chi connectivity index (χ1n) is 8.36. The zero-order valence-electron chi connectivity index (χ0n) is 15.2. The molecule has 1 aromatic carbocycles. The van der Waals surface area contributed by atoms with Crippen molar-refractivity contribution in [3.05, 3.63) is 47.3 Å². The second-order valence-electron chi connectivity index (χ2n) is 6.41. The normalized spacial score (nSPS) is 18.7. The number of nitrogens with zero attached hydrogens (tertiary/aromatic N) is 2. The Hall–Kier alpha value is -2.47. The maximum Gasteiger partial charge on any atom is 0.239 e. The molecule has 6 heteroatoms. The lowest BCUT2D eigenvalue weighted by Gasteiger charge is -2.10. The number of aryl methyl sites for hydroxylation is 1. The van der Waals surface area contributed by atoms with Gasteiger partial charge in [-0.25, -0.2) is 0 Å². The van der Waals surface area contributed by atoms with Crippen molar-refractivity contribution in [2.45, 2.75) is 26.1 Å². The number of hydrogen-bond acceptors (Lipinski definition) is 4. The fraction of sp³-hybridized carbons (Fsp3) is 0.421. The molecule has 6 nitrogen and oxygen atoms in total. The highest BCUT2D eigenvalue weighted by molar-refractivity contribution is 5.84. The SMILES string of the molecule is COc1cc(CN2CC2C(=O)NCc2ccc(C)n2C)cc(OC)c1. The van der Waals surface area contributed by atoms with Gasteiger partial charge in [-0.1, -0.05) is 0 Å². The lowest BCUT2D eigenvalue weighted by Crippen LogP contribution is -2.30. The Balaban J connectivity index is 1.54. The van der Waals surface area contributed by atoms with Crippen LogP contribution in [0.5, 0.6) is 11.5 Å². The summed E-state index contributed by atoms with van der Waals surface area (Å²) >= 11 is 0. The summed E-state index contributed by atoms with van der Waals surface area (Å²) in [6.45, 7) is 4.09. The monoisotopic (exact) mass is 343 g/mol. The minimum atomic E-state index is -0.0569. The van der Waals surface area contributed by atoms with Crippen molar-refractivity contribution in [1.29, 1.82) is 0 Å². The minimum absolute atomic E-state index is 0.0569. The molecule has 0 saturated carbocycles. The summed E-state index contributed by atoms with van der Waals surface area (Å²) < 4.78 is 12.7. The van der Waals surface area contributed by atoms with Crippen molar-refractivity contribution in [1.82, 2.24) is 14.8 Å². The average molecular weight is 343 g/mol. The van der Waals surface area contributed by atoms with E-state index >= 15 is 0 Å². The molecule has 0 bridgehead atoms. The average Bonchev–Trinajstić information content (AvgIpc) is 3.31. The van der Waals surface area contributed by atoms with E-state index in [1.54, 1.807) is 14.2 Å². The van der Waals surface area contributed by atoms with Crippen molar-refractivity contribution < 1.29 is 14.3 Å². The standard InChI is InChI=1S/C19H25N3O3/c1-13-5-6-15(21(13)2)10-20-19(23)18-12-22(18)11-14-7-16(24-3)9-17(8-14)25-4/h5-9,18H,10-12H2,1-4H3,(H,20,23). The van der Waals surface area contributed by atoms with E-state index in [1.807, 2.05) is 31.3 Å². The first-order valence-corrected chi connectivity index (χ1v) is 8.36. The van der Waals surface area contributed by atoms with Crippen LogP contribution < -0.4 is 14.8 Å². The van der Waals surface area contributed by atoms with Crippen molar-refractivity contribution in [3.63, 3.8) is 0 Å². The Morgan fingerprint density at radius 1 is 1.20 bits per heavy atom. The van der Waals surface area contributed by atoms with Gasteiger partial charge in [-0.15, -0.1) is 0 Å². The number of amides is 1. The molecular formula is C19H25N3O3. The highest BCUT2D eigenvalue weighted by Crippen LogP contribution is 2.27. The summed E-state index contributed by atoms with van der Waals surface area (Å²) in [5.74, 6) is 1.60. The highest BCUT2D eigenvalue weighted by Gasteiger charge is 2.40. The van der Waals surface area contributed by atoms with Crippen molar-refractivity contribution >= 4 is 5.91 Å². The predicted molar refractivity (Wildman–Crippen MR) is 95.7 cm³/mol. The molecule has 1 aromatic heterocycles. The highest BCUT2D eigenvalue weighted by atomic mass is 16.5. The fourth-order valence-electron chi connectivity index (χ4n) is 2.93. The molecule has 1 fully saturated rings. The largest absolute Gasteiger partial charge is 0.497 e. The molecule has 25 heavy (non-hydrogen) atoms. The molecule has 0 aliphatic carbocycles. The number of methoxy groups -OCH3 is 2. The van der Waals surface area contributed by atoms with Crippen LogP contribution in [0.25, 0.3) is 0 Å². The Morgan fingerprint density at radius 3 is 2.44 bits per heavy atom. The molecule has 0 radical (unpaired) electrons. The molecule has 1 aliphatic heterocycles. The molecule has 1 saturated heterocycles. The maximum atomic E-state index is 12.3. The topological polar surface area (TPSA) is 55.5 Å². The Morgan fingerprint density at radius 2 is 1.88 bits per heavy atom. The third-order valence-electron chi connectivity index (χ3n) is 4.73. The van der Waals surface area contributed by atoms with Crippen LogP contribution in [0, 0.1) is 6.92 Å². The Bertz CT molecular complexity index is 747. The van der Waals surface area contributed by atoms with Gasteiger partial charge in [0.2, 0.25) is 5.91 Å². The Kier molecular flexibility index (Phi) is 4.99. The number of aromatic nitrogens is 1. The summed E-state index contributed by atoms with van der Waals surface area (Å²) in [6.07, 6.45) is 0. The summed E-state index contributed by atoms with van der Waals surface area (Å²) in [4.78, 5) is 14.5. The van der Waals surface area contributed by atoms with Crippen LogP contribution in [0.1, 0.15) is 17.0 Å². The lowest BCUT2D eigenvalue weighted by atomic mass is 10.2. The van der Waals surface area contributed by atoms with Gasteiger partial charge in [0.15, 0.2) is 0 Å². The van der Waals surface area contributed by atoms with E-state index < -0.39 is 0 Å². The molecule has 1 N–H and O–H groups in total. The van der Waals surface area contributed by atoms with E-state index in [0.717, 1.165) is 29.3 Å². The van der Waals surface area contributed by atoms with Crippen molar-refractivity contribution in [2.24, 2.45) is 7.05 Å². The zero-order chi connectivity index (χ0) is 18.0. The third kappa shape index (κ3) is 3.96. The number of rotatable bonds is 7. The lowest BCUT2D eigenvalue weighted by molar-refractivity contribution is -0.121. The van der Waals surface area contributed by atoms with Crippen LogP contribution >= 0.6 is 0 Å². The molecular weight excluding hydrogens is 318 g/mol. The van der Waals surface area contributed by atoms with Gasteiger partial charge < -0.3 is 19.4 Å². The number of carbonyl (C=O) groups excluding carboxylic acids is 1. The summed E-state index contributed by atoms with van der Waals surface area (Å²) in [5, 5.41) is 3.03. The minimum Gasteiger partial charge on any atom is -0.497 e. The molecule has 3 rings (SSSR count). The van der Waals surface area contributed by atoms with Gasteiger partial charge in [0, 0.05) is 37.6 Å². The number of hydrogen-bond donors (Lipinski definition) is 1. The second-order valence-corrected chi connectivity index (χ2v) is 6.41. The molecule has 2 atom stereocenters. The number of carbonyl (C=O) groups is 1. The van der Waals surface area contributed by atoms with Crippen LogP contribution in [0.15, 0.2) is 30.3 Å². The van der Waals surface area contributed by atoms with E-state index in [4.69, 9.17) is 9.47 Å². The fourth-order valence-corrected chi connectivity index (χ4v) is 2.93.